The summed E-state index contributed by atoms with van der Waals surface area (Å²) in [6, 6.07) is 12.4. The molecule has 0 aliphatic heterocycles. The van der Waals surface area contributed by atoms with Crippen LogP contribution in [-0.2, 0) is 6.54 Å². The molecule has 1 atom stereocenters. The van der Waals surface area contributed by atoms with Crippen molar-refractivity contribution in [3.63, 3.8) is 0 Å². The predicted octanol–water partition coefficient (Wildman–Crippen LogP) is 3.01. The summed E-state index contributed by atoms with van der Waals surface area (Å²) in [6.07, 6.45) is -0.895. The van der Waals surface area contributed by atoms with Gasteiger partial charge in [-0.05, 0) is 23.8 Å². The molecule has 3 N–H and O–H groups in total. The molecule has 0 bridgehead atoms. The van der Waals surface area contributed by atoms with Crippen molar-refractivity contribution in [2.45, 2.75) is 12.6 Å². The van der Waals surface area contributed by atoms with E-state index in [0.717, 1.165) is 0 Å². The van der Waals surface area contributed by atoms with Crippen LogP contribution in [0.4, 0.5) is 9.18 Å². The third-order valence-corrected chi connectivity index (χ3v) is 3.41. The highest BCUT2D eigenvalue weighted by molar-refractivity contribution is 6.31. The fourth-order valence-corrected chi connectivity index (χ4v) is 2.20. The number of nitrogens with one attached hydrogen (secondary N) is 2. The first-order valence-electron chi connectivity index (χ1n) is 6.75. The number of amides is 2. The van der Waals surface area contributed by atoms with Crippen LogP contribution >= 0.6 is 11.6 Å². The van der Waals surface area contributed by atoms with Crippen LogP contribution in [0.15, 0.2) is 48.5 Å². The molecule has 4 nitrogen and oxygen atoms in total. The molecule has 0 fully saturated rings. The summed E-state index contributed by atoms with van der Waals surface area (Å²) in [4.78, 5) is 11.7. The number of benzene rings is 2. The molecule has 0 saturated carbocycles. The van der Waals surface area contributed by atoms with E-state index in [1.165, 1.54) is 12.1 Å². The average Bonchev–Trinajstić information content (AvgIpc) is 2.51. The van der Waals surface area contributed by atoms with Crippen molar-refractivity contribution < 1.29 is 14.3 Å². The summed E-state index contributed by atoms with van der Waals surface area (Å²) in [5, 5.41) is 15.6. The zero-order chi connectivity index (χ0) is 15.9. The third kappa shape index (κ3) is 4.72. The summed E-state index contributed by atoms with van der Waals surface area (Å²) in [5.41, 5.74) is 1.20. The Hall–Kier alpha value is -2.11. The smallest absolute Gasteiger partial charge is 0.315 e. The van der Waals surface area contributed by atoms with Gasteiger partial charge in [0, 0.05) is 23.7 Å². The summed E-state index contributed by atoms with van der Waals surface area (Å²) in [7, 11) is 0. The highest BCUT2D eigenvalue weighted by atomic mass is 35.5. The monoisotopic (exact) mass is 322 g/mol. The largest absolute Gasteiger partial charge is 0.387 e. The molecule has 0 spiro atoms. The minimum absolute atomic E-state index is 0.0265. The van der Waals surface area contributed by atoms with E-state index in [4.69, 9.17) is 11.6 Å². The third-order valence-electron chi connectivity index (χ3n) is 3.06. The first-order valence-corrected chi connectivity index (χ1v) is 7.12. The van der Waals surface area contributed by atoms with E-state index in [-0.39, 0.29) is 18.9 Å². The quantitative estimate of drug-likeness (QED) is 0.792. The van der Waals surface area contributed by atoms with Crippen molar-refractivity contribution in [2.75, 3.05) is 6.54 Å². The number of aliphatic hydroxyl groups is 1. The highest BCUT2D eigenvalue weighted by Gasteiger charge is 2.12. The van der Waals surface area contributed by atoms with Gasteiger partial charge in [-0.3, -0.25) is 0 Å². The van der Waals surface area contributed by atoms with Gasteiger partial charge in [0.05, 0.1) is 6.10 Å². The van der Waals surface area contributed by atoms with E-state index in [1.54, 1.807) is 36.4 Å². The van der Waals surface area contributed by atoms with Crippen molar-refractivity contribution >= 4 is 17.6 Å². The Morgan fingerprint density at radius 1 is 1.18 bits per heavy atom. The van der Waals surface area contributed by atoms with Gasteiger partial charge in [0.15, 0.2) is 0 Å². The van der Waals surface area contributed by atoms with Crippen LogP contribution in [-0.4, -0.2) is 17.7 Å². The van der Waals surface area contributed by atoms with Crippen LogP contribution in [0.3, 0.4) is 0 Å². The number of carbonyl (C=O) groups is 1. The Bertz CT molecular complexity index is 652. The van der Waals surface area contributed by atoms with Crippen molar-refractivity contribution in [1.82, 2.24) is 10.6 Å². The Labute approximate surface area is 132 Å². The maximum Gasteiger partial charge on any atom is 0.315 e. The second kappa shape index (κ2) is 7.77. The van der Waals surface area contributed by atoms with E-state index >= 15 is 0 Å². The van der Waals surface area contributed by atoms with E-state index in [9.17, 15) is 14.3 Å². The van der Waals surface area contributed by atoms with Crippen LogP contribution < -0.4 is 10.6 Å². The summed E-state index contributed by atoms with van der Waals surface area (Å²) in [5.74, 6) is -0.353. The Kier molecular flexibility index (Phi) is 5.75. The molecule has 0 aromatic heterocycles. The topological polar surface area (TPSA) is 61.4 Å². The highest BCUT2D eigenvalue weighted by Crippen LogP contribution is 2.21. The molecule has 0 aliphatic carbocycles. The van der Waals surface area contributed by atoms with Gasteiger partial charge in [-0.1, -0.05) is 41.9 Å². The van der Waals surface area contributed by atoms with Gasteiger partial charge in [0.2, 0.25) is 0 Å². The first kappa shape index (κ1) is 16.3. The molecule has 116 valence electrons. The minimum atomic E-state index is -0.895. The van der Waals surface area contributed by atoms with Crippen LogP contribution in [0.25, 0.3) is 0 Å². The van der Waals surface area contributed by atoms with Crippen LogP contribution in [0.1, 0.15) is 17.2 Å². The van der Waals surface area contributed by atoms with Gasteiger partial charge >= 0.3 is 6.03 Å². The average molecular weight is 323 g/mol. The lowest BCUT2D eigenvalue weighted by Crippen LogP contribution is -2.37. The second-order valence-electron chi connectivity index (χ2n) is 4.73. The molecule has 22 heavy (non-hydrogen) atoms. The molecule has 2 aromatic carbocycles. The molecule has 2 amide bonds. The normalized spacial score (nSPS) is 11.8. The van der Waals surface area contributed by atoms with Crippen molar-refractivity contribution in [1.29, 1.82) is 0 Å². The lowest BCUT2D eigenvalue weighted by Gasteiger charge is -2.14. The molecule has 6 heteroatoms. The standard InChI is InChI=1S/C16H16ClFN2O2/c17-14-7-2-1-6-13(14)15(21)10-20-16(22)19-9-11-4-3-5-12(18)8-11/h1-8,15,21H,9-10H2,(H2,19,20,22). The zero-order valence-electron chi connectivity index (χ0n) is 11.7. The molecule has 0 radical (unpaired) electrons. The van der Waals surface area contributed by atoms with Gasteiger partial charge in [-0.2, -0.15) is 0 Å². The number of hydrogen-bond acceptors (Lipinski definition) is 2. The zero-order valence-corrected chi connectivity index (χ0v) is 12.5. The fourth-order valence-electron chi connectivity index (χ4n) is 1.94. The van der Waals surface area contributed by atoms with Crippen LogP contribution in [0.5, 0.6) is 0 Å². The molecule has 2 aromatic rings. The van der Waals surface area contributed by atoms with Crippen molar-refractivity contribution in [2.24, 2.45) is 0 Å². The maximum absolute atomic E-state index is 13.0. The molecule has 1 unspecified atom stereocenters. The van der Waals surface area contributed by atoms with Crippen LogP contribution in [0.2, 0.25) is 5.02 Å². The fraction of sp³-hybridized carbons (Fsp3) is 0.188. The summed E-state index contributed by atoms with van der Waals surface area (Å²) in [6.45, 7) is 0.227. The molecule has 0 heterocycles. The lowest BCUT2D eigenvalue weighted by atomic mass is 10.1. The number of hydrogen-bond donors (Lipinski definition) is 3. The predicted molar refractivity (Wildman–Crippen MR) is 83.1 cm³/mol. The van der Waals surface area contributed by atoms with Gasteiger partial charge in [-0.25, -0.2) is 9.18 Å². The van der Waals surface area contributed by atoms with E-state index in [1.807, 2.05) is 0 Å². The van der Waals surface area contributed by atoms with Crippen molar-refractivity contribution in [3.8, 4) is 0 Å². The summed E-state index contributed by atoms with van der Waals surface area (Å²) >= 11 is 5.97. The maximum atomic E-state index is 13.0. The van der Waals surface area contributed by atoms with E-state index in [2.05, 4.69) is 10.6 Å². The number of rotatable bonds is 5. The van der Waals surface area contributed by atoms with Gasteiger partial charge in [0.1, 0.15) is 5.82 Å². The lowest BCUT2D eigenvalue weighted by molar-refractivity contribution is 0.173. The molecular formula is C16H16ClFN2O2. The van der Waals surface area contributed by atoms with Gasteiger partial charge in [-0.15, -0.1) is 0 Å². The summed E-state index contributed by atoms with van der Waals surface area (Å²) < 4.78 is 13.0. The first-order chi connectivity index (χ1) is 10.6. The van der Waals surface area contributed by atoms with Crippen LogP contribution in [0, 0.1) is 5.82 Å². The Balaban J connectivity index is 1.79. The second-order valence-corrected chi connectivity index (χ2v) is 5.14. The van der Waals surface area contributed by atoms with Gasteiger partial charge < -0.3 is 15.7 Å². The number of aliphatic hydroxyl groups excluding tert-OH is 1. The van der Waals surface area contributed by atoms with E-state index < -0.39 is 12.1 Å². The molecular weight excluding hydrogens is 307 g/mol. The number of halogens is 2. The number of carbonyl (C=O) groups excluding carboxylic acids is 1. The molecule has 0 saturated heterocycles. The van der Waals surface area contributed by atoms with Crippen molar-refractivity contribution in [3.05, 3.63) is 70.5 Å². The SMILES string of the molecule is O=C(NCc1cccc(F)c1)NCC(O)c1ccccc1Cl. The Morgan fingerprint density at radius 2 is 1.95 bits per heavy atom. The van der Waals surface area contributed by atoms with E-state index in [0.29, 0.717) is 16.1 Å². The van der Waals surface area contributed by atoms with Gasteiger partial charge in [0.25, 0.3) is 0 Å². The molecule has 2 rings (SSSR count). The molecule has 0 aliphatic rings. The number of urea groups is 1. The Morgan fingerprint density at radius 3 is 2.68 bits per heavy atom. The minimum Gasteiger partial charge on any atom is -0.387 e.